The van der Waals surface area contributed by atoms with Crippen LogP contribution in [-0.2, 0) is 94.7 Å². The van der Waals surface area contributed by atoms with E-state index >= 15 is 0 Å². The van der Waals surface area contributed by atoms with E-state index in [4.69, 9.17) is 11.5 Å². The summed E-state index contributed by atoms with van der Waals surface area (Å²) < 4.78 is 0. The van der Waals surface area contributed by atoms with Gasteiger partial charge in [0, 0.05) is 64.7 Å². The van der Waals surface area contributed by atoms with Gasteiger partial charge in [0.2, 0.25) is 65.0 Å². The molecule has 0 aliphatic carbocycles. The number of rotatable bonds is 38. The molecule has 107 heavy (non-hydrogen) atoms. The van der Waals surface area contributed by atoms with Crippen molar-refractivity contribution in [3.05, 3.63) is 166 Å². The largest absolute Gasteiger partial charge is 0.352 e. The minimum absolute atomic E-state index is 0.00126. The van der Waals surface area contributed by atoms with Crippen LogP contribution in [0.25, 0.3) is 11.1 Å². The number of nitrogens with zero attached hydrogens (tertiary/aromatic N) is 1. The van der Waals surface area contributed by atoms with Crippen LogP contribution in [0, 0.1) is 25.7 Å². The summed E-state index contributed by atoms with van der Waals surface area (Å²) in [6, 6.07) is 29.9. The Bertz CT molecular complexity index is 3830. The van der Waals surface area contributed by atoms with Crippen LogP contribution in [-0.4, -0.2) is 155 Å². The third kappa shape index (κ3) is 29.8. The molecule has 1 saturated heterocycles. The Morgan fingerprint density at radius 1 is 0.477 bits per heavy atom. The number of Topliss-reactive ketones (excluding diaryl/α,β-unsaturated/α-hetero) is 2. The summed E-state index contributed by atoms with van der Waals surface area (Å²) >= 11 is 0. The number of carbonyl (C=O) groups is 13. The number of amides is 11. The summed E-state index contributed by atoms with van der Waals surface area (Å²) in [7, 11) is 0. The molecule has 5 aromatic rings. The van der Waals surface area contributed by atoms with E-state index in [1.807, 2.05) is 145 Å². The first-order valence-corrected chi connectivity index (χ1v) is 36.8. The lowest BCUT2D eigenvalue weighted by molar-refractivity contribution is -0.141. The smallest absolute Gasteiger partial charge is 0.243 e. The molecule has 1 heterocycles. The van der Waals surface area contributed by atoms with Gasteiger partial charge in [-0.3, -0.25) is 62.3 Å². The highest BCUT2D eigenvalue weighted by Crippen LogP contribution is 2.23. The maximum absolute atomic E-state index is 14.4. The number of nitrogens with one attached hydrogen (secondary N) is 10. The normalized spacial score (nSPS) is 15.0. The molecule has 0 aromatic heterocycles. The predicted octanol–water partition coefficient (Wildman–Crippen LogP) is 4.59. The van der Waals surface area contributed by atoms with E-state index in [0.29, 0.717) is 49.9 Å². The van der Waals surface area contributed by atoms with Gasteiger partial charge in [-0.05, 0) is 118 Å². The molecule has 1 aliphatic heterocycles. The van der Waals surface area contributed by atoms with Crippen LogP contribution in [0.5, 0.6) is 0 Å². The number of aryl methyl sites for hydroxylation is 2. The lowest BCUT2D eigenvalue weighted by Crippen LogP contribution is -2.60. The highest BCUT2D eigenvalue weighted by Gasteiger charge is 2.39. The third-order valence-electron chi connectivity index (χ3n) is 18.1. The van der Waals surface area contributed by atoms with Gasteiger partial charge in [0.15, 0.2) is 0 Å². The van der Waals surface area contributed by atoms with Gasteiger partial charge in [-0.15, -0.1) is 0 Å². The van der Waals surface area contributed by atoms with E-state index in [-0.39, 0.29) is 80.0 Å². The van der Waals surface area contributed by atoms with Crippen molar-refractivity contribution < 1.29 is 62.3 Å². The van der Waals surface area contributed by atoms with Crippen LogP contribution in [0.2, 0.25) is 0 Å². The van der Waals surface area contributed by atoms with Crippen molar-refractivity contribution in [1.29, 1.82) is 0 Å². The Labute approximate surface area is 628 Å². The number of benzene rings is 5. The molecular weight excluding hydrogens is 1360 g/mol. The molecule has 5 aromatic carbocycles. The fraction of sp³-hybridized carbons (Fsp3) is 0.469. The number of ketones is 2. The van der Waals surface area contributed by atoms with Crippen molar-refractivity contribution in [2.75, 3.05) is 13.1 Å². The van der Waals surface area contributed by atoms with E-state index < -0.39 is 120 Å². The molecule has 10 atom stereocenters. The first-order valence-electron chi connectivity index (χ1n) is 36.8. The Morgan fingerprint density at radius 3 is 1.44 bits per heavy atom. The second-order valence-corrected chi connectivity index (χ2v) is 28.4. The Morgan fingerprint density at radius 2 is 0.944 bits per heavy atom. The molecule has 14 N–H and O–H groups in total. The van der Waals surface area contributed by atoms with Crippen molar-refractivity contribution in [2.45, 2.75) is 221 Å². The highest BCUT2D eigenvalue weighted by atomic mass is 16.2. The molecule has 26 nitrogen and oxygen atoms in total. The summed E-state index contributed by atoms with van der Waals surface area (Å²) in [6.07, 6.45) is 1.76. The topological polar surface area (TPSA) is 397 Å². The zero-order valence-electron chi connectivity index (χ0n) is 63.9. The summed E-state index contributed by atoms with van der Waals surface area (Å²) in [6.45, 7) is 21.1. The second-order valence-electron chi connectivity index (χ2n) is 28.4. The molecule has 0 unspecified atom stereocenters. The Kier molecular flexibility index (Phi) is 35.7. The number of likely N-dealkylation sites (tertiary alicyclic amines) is 1. The van der Waals surface area contributed by atoms with E-state index in [0.717, 1.165) is 38.9 Å². The van der Waals surface area contributed by atoms with Gasteiger partial charge in [-0.2, -0.15) is 0 Å². The van der Waals surface area contributed by atoms with E-state index in [1.54, 1.807) is 45.0 Å². The molecule has 1 fully saturated rings. The molecule has 6 rings (SSSR count). The molecule has 0 radical (unpaired) electrons. The second kappa shape index (κ2) is 43.8. The average molecular weight is 1470 g/mol. The number of hydrogen-bond donors (Lipinski definition) is 12. The third-order valence-corrected chi connectivity index (χ3v) is 18.1. The minimum Gasteiger partial charge on any atom is -0.352 e. The minimum atomic E-state index is -1.47. The molecule has 0 bridgehead atoms. The van der Waals surface area contributed by atoms with Crippen LogP contribution in [0.4, 0.5) is 0 Å². The molecule has 11 amide bonds. The van der Waals surface area contributed by atoms with Crippen LogP contribution in [0.3, 0.4) is 0 Å². The predicted molar refractivity (Wildman–Crippen MR) is 410 cm³/mol. The molecule has 1 aliphatic rings. The zero-order chi connectivity index (χ0) is 79.0. The van der Waals surface area contributed by atoms with Gasteiger partial charge < -0.3 is 69.5 Å². The monoisotopic (exact) mass is 1470 g/mol. The average Bonchev–Trinajstić information content (AvgIpc) is 1.55. The van der Waals surface area contributed by atoms with Gasteiger partial charge in [0.1, 0.15) is 59.9 Å². The van der Waals surface area contributed by atoms with Gasteiger partial charge in [-0.1, -0.05) is 180 Å². The van der Waals surface area contributed by atoms with Crippen LogP contribution < -0.4 is 64.6 Å². The first-order chi connectivity index (χ1) is 50.8. The van der Waals surface area contributed by atoms with Gasteiger partial charge in [-0.25, -0.2) is 0 Å². The highest BCUT2D eigenvalue weighted by molar-refractivity contribution is 5.99. The van der Waals surface area contributed by atoms with Gasteiger partial charge in [0.25, 0.3) is 0 Å². The number of carbonyl (C=O) groups excluding carboxylic acids is 13. The SMILES string of the molecule is CC(=O)C[C@H](NC(=O)[C@H](Cc1ccc(-c2ccccc2)cc1)NC(C)=O)C(=O)NCc1cccc(CN)c1.CC[C@@H](C)NC(=O)[C@@H](NC(=O)CNC(=O)[C@H](Cc1ccc(C)cc1)NC(=O)[C@H](Cc1ccc(C)cc1)NC(=O)[C@H](CC(C)=O)NC(=O)[C@H](CC)NC(=O)[C@@H]1CCCN1C(=O)[C@@H](N)CC(C)C)C(C)C. The fourth-order valence-corrected chi connectivity index (χ4v) is 12.0. The van der Waals surface area contributed by atoms with E-state index in [2.05, 4.69) is 53.2 Å². The number of nitrogens with two attached hydrogens (primary N) is 2. The van der Waals surface area contributed by atoms with E-state index in [1.165, 1.54) is 25.7 Å². The molecular formula is C81H111N13O13. The van der Waals surface area contributed by atoms with Crippen LogP contribution in [0.1, 0.15) is 153 Å². The summed E-state index contributed by atoms with van der Waals surface area (Å²) in [5.74, 6) is -7.14. The lowest BCUT2D eigenvalue weighted by atomic mass is 10.00. The molecule has 26 heteroatoms. The van der Waals surface area contributed by atoms with Crippen LogP contribution in [0.15, 0.2) is 127 Å². The van der Waals surface area contributed by atoms with Gasteiger partial charge in [0.05, 0.1) is 12.6 Å². The van der Waals surface area contributed by atoms with Gasteiger partial charge >= 0.3 is 0 Å². The summed E-state index contributed by atoms with van der Waals surface area (Å²) in [5.41, 5.74) is 19.8. The first kappa shape index (κ1) is 87.2. The zero-order valence-corrected chi connectivity index (χ0v) is 63.9. The van der Waals surface area contributed by atoms with Crippen LogP contribution >= 0.6 is 0 Å². The molecule has 0 spiro atoms. The van der Waals surface area contributed by atoms with Crippen molar-refractivity contribution in [2.24, 2.45) is 23.3 Å². The maximum Gasteiger partial charge on any atom is 0.243 e. The standard InChI is InChI=1S/C51H77N9O9.C30H34N4O4/c1-11-33(9)54-50(68)44(30(5)6)59-43(62)28-53-45(63)40(26-35-19-15-31(7)16-20-35)57-48(66)41(27-36-21-17-32(8)18-22-36)58-47(65)39(25-34(10)61)56-46(64)38(12-2)55-49(67)42-14-13-23-60(42)51(69)37(52)24-29(3)4;1-20(35)15-27(29(37)32-19-24-8-6-7-23(16-24)18-31)34-30(38)28(33-21(2)36)17-22-11-13-26(14-12-22)25-9-4-3-5-10-25/h15-22,29-30,33,37-42,44H,11-14,23-28,52H2,1-10H3,(H,53,63)(H,54,68)(H,55,67)(H,56,64)(H,57,66)(H,58,65)(H,59,62);3-14,16,27-28H,15,17-19,31H2,1-2H3,(H,32,37)(H,33,36)(H,34,38)/t33-,37+,38+,39+,40+,41+,42+,44+;27-,28-/m10/s1. The Balaban J connectivity index is 0.000000453. The van der Waals surface area contributed by atoms with Crippen molar-refractivity contribution in [3.8, 4) is 11.1 Å². The van der Waals surface area contributed by atoms with Crippen molar-refractivity contribution in [1.82, 2.24) is 58.1 Å². The van der Waals surface area contributed by atoms with Crippen molar-refractivity contribution >= 4 is 76.5 Å². The van der Waals surface area contributed by atoms with E-state index in [9.17, 15) is 62.3 Å². The Hall–Kier alpha value is -10.5. The maximum atomic E-state index is 14.4. The van der Waals surface area contributed by atoms with Crippen molar-refractivity contribution in [3.63, 3.8) is 0 Å². The summed E-state index contributed by atoms with van der Waals surface area (Å²) in [4.78, 5) is 173. The summed E-state index contributed by atoms with van der Waals surface area (Å²) in [5, 5.41) is 27.1. The molecule has 578 valence electrons. The fourth-order valence-electron chi connectivity index (χ4n) is 12.0. The quantitative estimate of drug-likeness (QED) is 0.0257. The number of hydrogen-bond acceptors (Lipinski definition) is 15. The molecule has 0 saturated carbocycles. The lowest BCUT2D eigenvalue weighted by Gasteiger charge is -2.29.